The quantitative estimate of drug-likeness (QED) is 0.411. The zero-order chi connectivity index (χ0) is 20.3. The van der Waals surface area contributed by atoms with Crippen LogP contribution < -0.4 is 5.11 Å². The lowest BCUT2D eigenvalue weighted by Gasteiger charge is -2.17. The zero-order valence-corrected chi connectivity index (χ0v) is 16.5. The van der Waals surface area contributed by atoms with E-state index in [0.29, 0.717) is 17.2 Å². The Labute approximate surface area is 163 Å². The Morgan fingerprint density at radius 1 is 1.33 bits per heavy atom. The maximum Gasteiger partial charge on any atom is 0.266 e. The monoisotopic (exact) mass is 389 g/mol. The van der Waals surface area contributed by atoms with Gasteiger partial charge >= 0.3 is 0 Å². The Balaban J connectivity index is 2.53. The fourth-order valence-electron chi connectivity index (χ4n) is 3.03. The van der Waals surface area contributed by atoms with E-state index in [4.69, 9.17) is 11.6 Å². The number of phenols is 1. The van der Waals surface area contributed by atoms with E-state index in [1.807, 2.05) is 6.07 Å². The molecule has 2 aromatic rings. The van der Waals surface area contributed by atoms with Crippen LogP contribution in [0.1, 0.15) is 54.9 Å². The topological polar surface area (TPSA) is 98.8 Å². The van der Waals surface area contributed by atoms with Crippen LogP contribution in [0.15, 0.2) is 23.2 Å². The van der Waals surface area contributed by atoms with E-state index in [-0.39, 0.29) is 21.9 Å². The van der Waals surface area contributed by atoms with Gasteiger partial charge < -0.3 is 10.2 Å². The summed E-state index contributed by atoms with van der Waals surface area (Å²) in [6.07, 6.45) is 3.27. The van der Waals surface area contributed by atoms with E-state index in [9.17, 15) is 20.3 Å². The molecule has 27 heavy (non-hydrogen) atoms. The van der Waals surface area contributed by atoms with Gasteiger partial charge in [-0.1, -0.05) is 37.9 Å². The molecule has 6 nitrogen and oxygen atoms in total. The smallest absolute Gasteiger partial charge is 0.266 e. The summed E-state index contributed by atoms with van der Waals surface area (Å²) in [5.74, 6) is -0.467. The number of benzene rings is 2. The standard InChI is InChI=1S/C20H23ClN2O4/c1-5-6-11(2)14-7-8-17(24)16(9-14)22-10-15-12(3)18(21)13(4)19(20(15)25)23(26)27/h7-11,24-25H,5-6H2,1-4H3/p-1/t11-/m0/s1. The van der Waals surface area contributed by atoms with Gasteiger partial charge in [0, 0.05) is 11.8 Å². The van der Waals surface area contributed by atoms with Crippen LogP contribution in [0.5, 0.6) is 11.5 Å². The minimum atomic E-state index is -0.738. The van der Waals surface area contributed by atoms with Gasteiger partial charge in [0.1, 0.15) is 11.4 Å². The van der Waals surface area contributed by atoms with Crippen LogP contribution in [0.4, 0.5) is 11.4 Å². The van der Waals surface area contributed by atoms with Gasteiger partial charge in [0.25, 0.3) is 5.69 Å². The summed E-state index contributed by atoms with van der Waals surface area (Å²) in [6, 6.07) is 5.16. The summed E-state index contributed by atoms with van der Waals surface area (Å²) in [6.45, 7) is 7.25. The first-order chi connectivity index (χ1) is 12.7. The van der Waals surface area contributed by atoms with Crippen molar-refractivity contribution in [2.24, 2.45) is 4.99 Å². The molecule has 0 saturated carbocycles. The van der Waals surface area contributed by atoms with Crippen LogP contribution in [-0.2, 0) is 0 Å². The van der Waals surface area contributed by atoms with Crippen molar-refractivity contribution in [2.75, 3.05) is 0 Å². The molecule has 0 fully saturated rings. The van der Waals surface area contributed by atoms with Gasteiger partial charge in [-0.15, -0.1) is 0 Å². The molecular formula is C20H22ClN2O4-. The number of hydrogen-bond acceptors (Lipinski definition) is 5. The van der Waals surface area contributed by atoms with Gasteiger partial charge in [0.15, 0.2) is 0 Å². The number of phenolic OH excluding ortho intramolecular Hbond substituents is 1. The van der Waals surface area contributed by atoms with Crippen molar-refractivity contribution in [2.45, 2.75) is 46.5 Å². The number of nitro groups is 1. The highest BCUT2D eigenvalue weighted by molar-refractivity contribution is 6.33. The van der Waals surface area contributed by atoms with E-state index < -0.39 is 16.4 Å². The number of nitro benzene ring substituents is 1. The second-order valence-corrected chi connectivity index (χ2v) is 6.99. The number of aromatic hydroxyl groups is 1. The molecule has 2 aromatic carbocycles. The van der Waals surface area contributed by atoms with Crippen molar-refractivity contribution in [3.63, 3.8) is 0 Å². The van der Waals surface area contributed by atoms with Crippen molar-refractivity contribution in [1.29, 1.82) is 0 Å². The lowest BCUT2D eigenvalue weighted by Crippen LogP contribution is -2.07. The van der Waals surface area contributed by atoms with Crippen LogP contribution in [0.25, 0.3) is 0 Å². The summed E-state index contributed by atoms with van der Waals surface area (Å²) >= 11 is 6.16. The predicted molar refractivity (Wildman–Crippen MR) is 106 cm³/mol. The van der Waals surface area contributed by atoms with E-state index in [1.54, 1.807) is 19.1 Å². The highest BCUT2D eigenvalue weighted by Crippen LogP contribution is 2.39. The Morgan fingerprint density at radius 3 is 2.59 bits per heavy atom. The van der Waals surface area contributed by atoms with Crippen molar-refractivity contribution in [3.8, 4) is 11.5 Å². The molecule has 144 valence electrons. The minimum absolute atomic E-state index is 0.0310. The van der Waals surface area contributed by atoms with Gasteiger partial charge in [-0.05, 0) is 60.8 Å². The fourth-order valence-corrected chi connectivity index (χ4v) is 3.22. The first-order valence-corrected chi connectivity index (χ1v) is 9.07. The lowest BCUT2D eigenvalue weighted by molar-refractivity contribution is -0.398. The third-order valence-corrected chi connectivity index (χ3v) is 5.25. The summed E-state index contributed by atoms with van der Waals surface area (Å²) < 4.78 is 0. The average Bonchev–Trinajstić information content (AvgIpc) is 2.61. The maximum atomic E-state index is 12.5. The molecule has 7 heteroatoms. The molecule has 1 atom stereocenters. The van der Waals surface area contributed by atoms with Crippen LogP contribution in [0.2, 0.25) is 5.02 Å². The molecule has 0 aliphatic heterocycles. The summed E-state index contributed by atoms with van der Waals surface area (Å²) in [5.41, 5.74) is 1.37. The Hall–Kier alpha value is -2.60. The van der Waals surface area contributed by atoms with E-state index in [0.717, 1.165) is 18.4 Å². The highest BCUT2D eigenvalue weighted by Gasteiger charge is 2.20. The van der Waals surface area contributed by atoms with Crippen molar-refractivity contribution < 1.29 is 15.1 Å². The van der Waals surface area contributed by atoms with E-state index in [2.05, 4.69) is 18.8 Å². The SMILES string of the molecule is CCC[C@H](C)c1ccc(O)c(N=Cc2c(C)c(Cl)c(C)c([N+](=O)[O-])c2[O-])c1. The van der Waals surface area contributed by atoms with Gasteiger partial charge in [0.2, 0.25) is 0 Å². The molecule has 0 aliphatic rings. The molecule has 0 bridgehead atoms. The molecule has 0 aromatic heterocycles. The Bertz CT molecular complexity index is 910. The molecule has 0 unspecified atom stereocenters. The van der Waals surface area contributed by atoms with Gasteiger partial charge in [-0.3, -0.25) is 15.1 Å². The molecule has 0 amide bonds. The molecule has 0 radical (unpaired) electrons. The lowest BCUT2D eigenvalue weighted by atomic mass is 9.96. The van der Waals surface area contributed by atoms with Crippen molar-refractivity contribution in [3.05, 3.63) is 55.6 Å². The normalized spacial score (nSPS) is 12.5. The fraction of sp³-hybridized carbons (Fsp3) is 0.350. The third kappa shape index (κ3) is 4.22. The molecule has 0 spiro atoms. The Kier molecular flexibility index (Phi) is 6.44. The number of rotatable bonds is 6. The van der Waals surface area contributed by atoms with Crippen LogP contribution >= 0.6 is 11.6 Å². The molecule has 1 N–H and O–H groups in total. The molecule has 0 saturated heterocycles. The number of halogens is 1. The zero-order valence-electron chi connectivity index (χ0n) is 15.7. The number of nitrogens with zero attached hydrogens (tertiary/aromatic N) is 2. The molecule has 0 heterocycles. The van der Waals surface area contributed by atoms with Gasteiger partial charge in [-0.2, -0.15) is 0 Å². The van der Waals surface area contributed by atoms with E-state index >= 15 is 0 Å². The second-order valence-electron chi connectivity index (χ2n) is 6.61. The largest absolute Gasteiger partial charge is 0.867 e. The van der Waals surface area contributed by atoms with Crippen LogP contribution in [0.3, 0.4) is 0 Å². The summed E-state index contributed by atoms with van der Waals surface area (Å²) in [4.78, 5) is 14.7. The summed E-state index contributed by atoms with van der Waals surface area (Å²) in [5, 5.41) is 34.0. The highest BCUT2D eigenvalue weighted by atomic mass is 35.5. The van der Waals surface area contributed by atoms with E-state index in [1.165, 1.54) is 13.1 Å². The predicted octanol–water partition coefficient (Wildman–Crippen LogP) is 5.30. The van der Waals surface area contributed by atoms with Crippen molar-refractivity contribution in [1.82, 2.24) is 0 Å². The van der Waals surface area contributed by atoms with Crippen LogP contribution in [0, 0.1) is 24.0 Å². The summed E-state index contributed by atoms with van der Waals surface area (Å²) in [7, 11) is 0. The molecular weight excluding hydrogens is 368 g/mol. The van der Waals surface area contributed by atoms with Gasteiger partial charge in [-0.25, -0.2) is 0 Å². The number of hydrogen-bond donors (Lipinski definition) is 1. The maximum absolute atomic E-state index is 12.5. The first-order valence-electron chi connectivity index (χ1n) is 8.70. The second kappa shape index (κ2) is 8.39. The first kappa shape index (κ1) is 20.7. The van der Waals surface area contributed by atoms with Gasteiger partial charge in [0.05, 0.1) is 9.95 Å². The minimum Gasteiger partial charge on any atom is -0.867 e. The van der Waals surface area contributed by atoms with Crippen LogP contribution in [-0.4, -0.2) is 16.2 Å². The third-order valence-electron chi connectivity index (χ3n) is 4.68. The van der Waals surface area contributed by atoms with Crippen molar-refractivity contribution >= 4 is 29.2 Å². The average molecular weight is 390 g/mol. The Morgan fingerprint density at radius 2 is 2.00 bits per heavy atom. The molecule has 2 rings (SSSR count). The molecule has 0 aliphatic carbocycles. The number of aliphatic imine (C=N–C) groups is 1.